The van der Waals surface area contributed by atoms with E-state index in [1.165, 1.54) is 11.3 Å². The van der Waals surface area contributed by atoms with Crippen LogP contribution in [-0.4, -0.2) is 4.57 Å². The van der Waals surface area contributed by atoms with Gasteiger partial charge in [-0.3, -0.25) is 4.57 Å². The van der Waals surface area contributed by atoms with E-state index in [-0.39, 0.29) is 0 Å². The molecule has 0 amide bonds. The number of nitrogens with zero attached hydrogens (tertiary/aromatic N) is 3. The number of alkyl halides is 1. The Hall–Kier alpha value is -1.77. The quantitative estimate of drug-likeness (QED) is 0.512. The van der Waals surface area contributed by atoms with Gasteiger partial charge in [-0.2, -0.15) is 10.4 Å². The molecule has 0 bridgehead atoms. The van der Waals surface area contributed by atoms with E-state index in [0.717, 1.165) is 10.6 Å². The second-order valence-electron chi connectivity index (χ2n) is 3.27. The molecule has 1 heterocycles. The molecule has 6 heteroatoms. The molecule has 0 aliphatic rings. The van der Waals surface area contributed by atoms with Crippen LogP contribution in [0.25, 0.3) is 5.69 Å². The van der Waals surface area contributed by atoms with Crippen molar-refractivity contribution < 1.29 is 0 Å². The van der Waals surface area contributed by atoms with Gasteiger partial charge in [0.25, 0.3) is 0 Å². The average molecular weight is 265 g/mol. The Kier molecular flexibility index (Phi) is 3.47. The van der Waals surface area contributed by atoms with Gasteiger partial charge in [0.15, 0.2) is 0 Å². The molecule has 86 valence electrons. The molecule has 17 heavy (non-hydrogen) atoms. The molecule has 0 spiro atoms. The summed E-state index contributed by atoms with van der Waals surface area (Å²) in [5, 5.41) is 12.6. The minimum Gasteiger partial charge on any atom is -0.320 e. The Morgan fingerprint density at radius 1 is 1.53 bits per heavy atom. The third kappa shape index (κ3) is 2.33. The molecule has 2 rings (SSSR count). The fraction of sp³-hybridized carbons (Fsp3) is 0.0909. The van der Waals surface area contributed by atoms with Gasteiger partial charge in [0.1, 0.15) is 0 Å². The zero-order chi connectivity index (χ0) is 12.3. The predicted octanol–water partition coefficient (Wildman–Crippen LogP) is 1.92. The van der Waals surface area contributed by atoms with Gasteiger partial charge in [0.05, 0.1) is 17.5 Å². The van der Waals surface area contributed by atoms with Crippen LogP contribution >= 0.6 is 22.9 Å². The standard InChI is InChI=1S/C11H9ClN4S/c12-5-10-7-16(11(15-14)17-10)9-3-1-2-8(4-9)6-13/h1-4,7H,5,14H2/b15-11-. The Labute approximate surface area is 107 Å². The summed E-state index contributed by atoms with van der Waals surface area (Å²) >= 11 is 7.20. The van der Waals surface area contributed by atoms with Crippen molar-refractivity contribution in [1.29, 1.82) is 5.26 Å². The molecule has 2 aromatic rings. The maximum Gasteiger partial charge on any atom is 0.212 e. The molecule has 0 saturated carbocycles. The van der Waals surface area contributed by atoms with Crippen LogP contribution in [0.15, 0.2) is 35.6 Å². The van der Waals surface area contributed by atoms with Crippen LogP contribution in [0.2, 0.25) is 0 Å². The highest BCUT2D eigenvalue weighted by Gasteiger charge is 2.04. The Morgan fingerprint density at radius 2 is 2.35 bits per heavy atom. The summed E-state index contributed by atoms with van der Waals surface area (Å²) in [6.07, 6.45) is 1.87. The number of rotatable bonds is 2. The van der Waals surface area contributed by atoms with Crippen molar-refractivity contribution in [3.8, 4) is 11.8 Å². The van der Waals surface area contributed by atoms with E-state index < -0.39 is 0 Å². The van der Waals surface area contributed by atoms with Crippen molar-refractivity contribution in [3.05, 3.63) is 45.7 Å². The van der Waals surface area contributed by atoms with Gasteiger partial charge < -0.3 is 5.84 Å². The molecule has 2 N–H and O–H groups in total. The number of hydrogen-bond donors (Lipinski definition) is 1. The van der Waals surface area contributed by atoms with E-state index >= 15 is 0 Å². The lowest BCUT2D eigenvalue weighted by Crippen LogP contribution is -2.13. The van der Waals surface area contributed by atoms with Crippen LogP contribution in [0.3, 0.4) is 0 Å². The maximum atomic E-state index is 8.86. The van der Waals surface area contributed by atoms with Crippen LogP contribution < -0.4 is 10.6 Å². The van der Waals surface area contributed by atoms with Crippen molar-refractivity contribution in [2.75, 3.05) is 0 Å². The minimum absolute atomic E-state index is 0.415. The largest absolute Gasteiger partial charge is 0.320 e. The van der Waals surface area contributed by atoms with Crippen molar-refractivity contribution in [1.82, 2.24) is 4.57 Å². The van der Waals surface area contributed by atoms with Gasteiger partial charge >= 0.3 is 0 Å². The topological polar surface area (TPSA) is 67.1 Å². The third-order valence-electron chi connectivity index (χ3n) is 2.20. The molecule has 0 radical (unpaired) electrons. The Balaban J connectivity index is 2.60. The van der Waals surface area contributed by atoms with Crippen LogP contribution in [0.1, 0.15) is 10.4 Å². The summed E-state index contributed by atoms with van der Waals surface area (Å²) in [7, 11) is 0. The molecule has 0 atom stereocenters. The third-order valence-corrected chi connectivity index (χ3v) is 3.64. The molecule has 1 aromatic carbocycles. The summed E-state index contributed by atoms with van der Waals surface area (Å²) in [6.45, 7) is 0. The lowest BCUT2D eigenvalue weighted by Gasteiger charge is -2.02. The normalized spacial score (nSPS) is 11.4. The monoisotopic (exact) mass is 264 g/mol. The van der Waals surface area contributed by atoms with E-state index in [2.05, 4.69) is 11.2 Å². The first-order chi connectivity index (χ1) is 8.28. The first-order valence-electron chi connectivity index (χ1n) is 4.80. The first kappa shape index (κ1) is 11.7. The van der Waals surface area contributed by atoms with Gasteiger partial charge in [-0.15, -0.1) is 11.6 Å². The fourth-order valence-electron chi connectivity index (χ4n) is 1.45. The number of hydrogen-bond acceptors (Lipinski definition) is 4. The van der Waals surface area contributed by atoms with Gasteiger partial charge in [-0.1, -0.05) is 17.4 Å². The highest BCUT2D eigenvalue weighted by atomic mass is 35.5. The van der Waals surface area contributed by atoms with E-state index in [4.69, 9.17) is 22.7 Å². The smallest absolute Gasteiger partial charge is 0.212 e. The van der Waals surface area contributed by atoms with E-state index in [1.807, 2.05) is 22.9 Å². The molecular weight excluding hydrogens is 256 g/mol. The predicted molar refractivity (Wildman–Crippen MR) is 67.7 cm³/mol. The summed E-state index contributed by atoms with van der Waals surface area (Å²) in [5.41, 5.74) is 1.44. The molecule has 0 aliphatic heterocycles. The van der Waals surface area contributed by atoms with Crippen molar-refractivity contribution in [2.24, 2.45) is 10.9 Å². The lowest BCUT2D eigenvalue weighted by atomic mass is 10.2. The number of nitriles is 1. The van der Waals surface area contributed by atoms with Crippen molar-refractivity contribution >= 4 is 22.9 Å². The number of nitrogens with two attached hydrogens (primary N) is 1. The van der Waals surface area contributed by atoms with E-state index in [9.17, 15) is 0 Å². The summed E-state index contributed by atoms with van der Waals surface area (Å²) in [6, 6.07) is 9.33. The van der Waals surface area contributed by atoms with Crippen LogP contribution in [0, 0.1) is 11.3 Å². The fourth-order valence-corrected chi connectivity index (χ4v) is 2.44. The summed E-state index contributed by atoms with van der Waals surface area (Å²) in [5.74, 6) is 5.75. The second kappa shape index (κ2) is 5.04. The van der Waals surface area contributed by atoms with Gasteiger partial charge in [0.2, 0.25) is 4.80 Å². The Morgan fingerprint density at radius 3 is 3.00 bits per heavy atom. The molecule has 0 unspecified atom stereocenters. The summed E-state index contributed by atoms with van der Waals surface area (Å²) in [4.78, 5) is 1.62. The zero-order valence-electron chi connectivity index (χ0n) is 8.80. The number of aromatic nitrogens is 1. The van der Waals surface area contributed by atoms with Crippen molar-refractivity contribution in [3.63, 3.8) is 0 Å². The molecule has 1 aromatic heterocycles. The van der Waals surface area contributed by atoms with Crippen LogP contribution in [0.4, 0.5) is 0 Å². The van der Waals surface area contributed by atoms with E-state index in [0.29, 0.717) is 16.2 Å². The summed E-state index contributed by atoms with van der Waals surface area (Å²) < 4.78 is 1.82. The van der Waals surface area contributed by atoms with Crippen LogP contribution in [-0.2, 0) is 5.88 Å². The minimum atomic E-state index is 0.415. The first-order valence-corrected chi connectivity index (χ1v) is 6.15. The lowest BCUT2D eigenvalue weighted by molar-refractivity contribution is 0.960. The van der Waals surface area contributed by atoms with Gasteiger partial charge in [-0.05, 0) is 18.2 Å². The number of thiazole rings is 1. The molecule has 4 nitrogen and oxygen atoms in total. The average Bonchev–Trinajstić information content (AvgIpc) is 2.82. The number of halogens is 1. The highest BCUT2D eigenvalue weighted by Crippen LogP contribution is 2.13. The van der Waals surface area contributed by atoms with Gasteiger partial charge in [0, 0.05) is 16.8 Å². The Bertz CT molecular complexity index is 635. The molecule has 0 fully saturated rings. The van der Waals surface area contributed by atoms with Gasteiger partial charge in [-0.25, -0.2) is 0 Å². The highest BCUT2D eigenvalue weighted by molar-refractivity contribution is 7.09. The molecular formula is C11H9ClN4S. The zero-order valence-corrected chi connectivity index (χ0v) is 10.4. The molecule has 0 saturated heterocycles. The SMILES string of the molecule is N#Cc1cccc(-n2cc(CCl)s/c2=N\N)c1. The molecule has 0 aliphatic carbocycles. The number of benzene rings is 1. The second-order valence-corrected chi connectivity index (χ2v) is 4.64. The maximum absolute atomic E-state index is 8.86. The van der Waals surface area contributed by atoms with Crippen LogP contribution in [0.5, 0.6) is 0 Å². The van der Waals surface area contributed by atoms with E-state index in [1.54, 1.807) is 12.1 Å². The van der Waals surface area contributed by atoms with Crippen molar-refractivity contribution in [2.45, 2.75) is 5.88 Å².